The molecule has 1 amide bonds. The van der Waals surface area contributed by atoms with E-state index in [9.17, 15) is 4.79 Å². The first-order chi connectivity index (χ1) is 9.57. The second kappa shape index (κ2) is 7.30. The summed E-state index contributed by atoms with van der Waals surface area (Å²) in [4.78, 5) is 12.0. The average Bonchev–Trinajstić information content (AvgIpc) is 2.23. The minimum Gasteiger partial charge on any atom is -0.439 e. The van der Waals surface area contributed by atoms with Crippen molar-refractivity contribution >= 4 is 6.09 Å². The number of alkyl carbamates (subject to hydrolysis) is 1. The van der Waals surface area contributed by atoms with Gasteiger partial charge in [0.25, 0.3) is 0 Å². The van der Waals surface area contributed by atoms with Gasteiger partial charge in [-0.2, -0.15) is 0 Å². The standard InChI is InChI=1S/C17H31NO3/c1-16(2,3)18-15(19)20-13-11-9-7-8-10-12-14(13)21-17(4,5)6/h9,11,13-14H,7-8,10,12H2,1-6H3,(H,18,19)/b11-9+. The fourth-order valence-corrected chi connectivity index (χ4v) is 2.28. The molecule has 2 atom stereocenters. The second-order valence-electron chi connectivity index (χ2n) is 7.73. The Bertz CT molecular complexity index is 363. The lowest BCUT2D eigenvalue weighted by atomic mass is 10.00. The SMILES string of the molecule is CC(C)(C)NC(=O)OC1/C=C/CCCCC1OC(C)(C)C. The molecule has 0 heterocycles. The predicted octanol–water partition coefficient (Wildman–Crippen LogP) is 4.19. The maximum absolute atomic E-state index is 12.0. The van der Waals surface area contributed by atoms with Gasteiger partial charge in [-0.3, -0.25) is 0 Å². The van der Waals surface area contributed by atoms with Crippen LogP contribution in [0.5, 0.6) is 0 Å². The van der Waals surface area contributed by atoms with Gasteiger partial charge in [-0.15, -0.1) is 0 Å². The fraction of sp³-hybridized carbons (Fsp3) is 0.824. The summed E-state index contributed by atoms with van der Waals surface area (Å²) in [5, 5.41) is 2.84. The van der Waals surface area contributed by atoms with Crippen LogP contribution in [0.1, 0.15) is 67.2 Å². The highest BCUT2D eigenvalue weighted by molar-refractivity contribution is 5.68. The molecule has 4 nitrogen and oxygen atoms in total. The molecule has 0 bridgehead atoms. The van der Waals surface area contributed by atoms with Crippen molar-refractivity contribution in [1.82, 2.24) is 5.32 Å². The van der Waals surface area contributed by atoms with E-state index in [1.54, 1.807) is 0 Å². The van der Waals surface area contributed by atoms with Gasteiger partial charge in [-0.05, 0) is 66.9 Å². The zero-order valence-corrected chi connectivity index (χ0v) is 14.4. The number of hydrogen-bond donors (Lipinski definition) is 1. The highest BCUT2D eigenvalue weighted by Crippen LogP contribution is 2.23. The van der Waals surface area contributed by atoms with E-state index in [2.05, 4.69) is 11.4 Å². The van der Waals surface area contributed by atoms with Crippen molar-refractivity contribution in [2.45, 2.75) is 90.6 Å². The van der Waals surface area contributed by atoms with Gasteiger partial charge in [0.15, 0.2) is 0 Å². The zero-order valence-electron chi connectivity index (χ0n) is 14.4. The molecule has 21 heavy (non-hydrogen) atoms. The molecule has 0 radical (unpaired) electrons. The van der Waals surface area contributed by atoms with Crippen LogP contribution in [0, 0.1) is 0 Å². The summed E-state index contributed by atoms with van der Waals surface area (Å²) in [5.74, 6) is 0. The van der Waals surface area contributed by atoms with Crippen LogP contribution in [-0.2, 0) is 9.47 Å². The molecule has 1 rings (SSSR count). The van der Waals surface area contributed by atoms with E-state index in [0.29, 0.717) is 0 Å². The summed E-state index contributed by atoms with van der Waals surface area (Å²) < 4.78 is 11.7. The Labute approximate surface area is 129 Å². The molecule has 0 aromatic heterocycles. The van der Waals surface area contributed by atoms with Crippen molar-refractivity contribution in [3.05, 3.63) is 12.2 Å². The van der Waals surface area contributed by atoms with E-state index in [1.165, 1.54) is 0 Å². The Morgan fingerprint density at radius 2 is 1.81 bits per heavy atom. The number of ether oxygens (including phenoxy) is 2. The van der Waals surface area contributed by atoms with E-state index < -0.39 is 0 Å². The smallest absolute Gasteiger partial charge is 0.408 e. The number of carbonyl (C=O) groups excluding carboxylic acids is 1. The molecular weight excluding hydrogens is 266 g/mol. The van der Waals surface area contributed by atoms with Crippen LogP contribution in [-0.4, -0.2) is 29.4 Å². The molecule has 0 aromatic carbocycles. The first-order valence-electron chi connectivity index (χ1n) is 7.90. The average molecular weight is 297 g/mol. The van der Waals surface area contributed by atoms with E-state index >= 15 is 0 Å². The van der Waals surface area contributed by atoms with Crippen LogP contribution < -0.4 is 5.32 Å². The highest BCUT2D eigenvalue weighted by atomic mass is 16.6. The lowest BCUT2D eigenvalue weighted by molar-refractivity contribution is -0.104. The maximum atomic E-state index is 12.0. The molecule has 1 aliphatic rings. The van der Waals surface area contributed by atoms with E-state index in [1.807, 2.05) is 47.6 Å². The third-order valence-electron chi connectivity index (χ3n) is 3.03. The monoisotopic (exact) mass is 297 g/mol. The predicted molar refractivity (Wildman–Crippen MR) is 85.4 cm³/mol. The molecule has 2 unspecified atom stereocenters. The minimum absolute atomic E-state index is 0.0905. The third kappa shape index (κ3) is 8.10. The van der Waals surface area contributed by atoms with Crippen LogP contribution in [0.2, 0.25) is 0 Å². The molecule has 0 aromatic rings. The summed E-state index contributed by atoms with van der Waals surface area (Å²) in [7, 11) is 0. The largest absolute Gasteiger partial charge is 0.439 e. The number of amides is 1. The summed E-state index contributed by atoms with van der Waals surface area (Å²) in [6, 6.07) is 0. The van der Waals surface area contributed by atoms with Crippen molar-refractivity contribution < 1.29 is 14.3 Å². The molecule has 122 valence electrons. The molecule has 4 heteroatoms. The quantitative estimate of drug-likeness (QED) is 0.777. The normalized spacial score (nSPS) is 25.6. The minimum atomic E-state index is -0.389. The Morgan fingerprint density at radius 3 is 2.38 bits per heavy atom. The Hall–Kier alpha value is -1.03. The molecule has 0 aliphatic heterocycles. The summed E-state index contributed by atoms with van der Waals surface area (Å²) in [5.41, 5.74) is -0.553. The van der Waals surface area contributed by atoms with Crippen molar-refractivity contribution in [3.8, 4) is 0 Å². The third-order valence-corrected chi connectivity index (χ3v) is 3.03. The lowest BCUT2D eigenvalue weighted by Gasteiger charge is -2.33. The van der Waals surface area contributed by atoms with Crippen LogP contribution >= 0.6 is 0 Å². The van der Waals surface area contributed by atoms with Crippen LogP contribution in [0.25, 0.3) is 0 Å². The van der Waals surface area contributed by atoms with Gasteiger partial charge in [0, 0.05) is 5.54 Å². The topological polar surface area (TPSA) is 47.6 Å². The van der Waals surface area contributed by atoms with E-state index in [-0.39, 0.29) is 29.4 Å². The van der Waals surface area contributed by atoms with Gasteiger partial charge in [-0.25, -0.2) is 4.79 Å². The van der Waals surface area contributed by atoms with Crippen LogP contribution in [0.15, 0.2) is 12.2 Å². The number of allylic oxidation sites excluding steroid dienone is 1. The Kier molecular flexibility index (Phi) is 6.26. The molecule has 0 saturated carbocycles. The number of carbonyl (C=O) groups is 1. The van der Waals surface area contributed by atoms with E-state index in [0.717, 1.165) is 25.7 Å². The first kappa shape index (κ1) is 18.0. The lowest BCUT2D eigenvalue weighted by Crippen LogP contribution is -2.45. The molecule has 0 spiro atoms. The highest BCUT2D eigenvalue weighted by Gasteiger charge is 2.29. The molecular formula is C17H31NO3. The van der Waals surface area contributed by atoms with Crippen molar-refractivity contribution in [2.24, 2.45) is 0 Å². The van der Waals surface area contributed by atoms with Gasteiger partial charge in [0.2, 0.25) is 0 Å². The van der Waals surface area contributed by atoms with Crippen molar-refractivity contribution in [3.63, 3.8) is 0 Å². The number of rotatable bonds is 2. The van der Waals surface area contributed by atoms with Gasteiger partial charge in [-0.1, -0.05) is 12.5 Å². The molecule has 1 N–H and O–H groups in total. The number of hydrogen-bond acceptors (Lipinski definition) is 3. The van der Waals surface area contributed by atoms with Gasteiger partial charge >= 0.3 is 6.09 Å². The Balaban J connectivity index is 2.74. The van der Waals surface area contributed by atoms with E-state index in [4.69, 9.17) is 9.47 Å². The number of nitrogens with one attached hydrogen (secondary N) is 1. The van der Waals surface area contributed by atoms with Crippen LogP contribution in [0.4, 0.5) is 4.79 Å². The fourth-order valence-electron chi connectivity index (χ4n) is 2.28. The van der Waals surface area contributed by atoms with Crippen LogP contribution in [0.3, 0.4) is 0 Å². The maximum Gasteiger partial charge on any atom is 0.408 e. The first-order valence-corrected chi connectivity index (χ1v) is 7.90. The van der Waals surface area contributed by atoms with Gasteiger partial charge in [0.1, 0.15) is 6.10 Å². The second-order valence-corrected chi connectivity index (χ2v) is 7.73. The van der Waals surface area contributed by atoms with Gasteiger partial charge < -0.3 is 14.8 Å². The van der Waals surface area contributed by atoms with Crippen molar-refractivity contribution in [2.75, 3.05) is 0 Å². The molecule has 1 aliphatic carbocycles. The summed E-state index contributed by atoms with van der Waals surface area (Å²) >= 11 is 0. The Morgan fingerprint density at radius 1 is 1.14 bits per heavy atom. The molecule has 0 fully saturated rings. The van der Waals surface area contributed by atoms with Crippen molar-refractivity contribution in [1.29, 1.82) is 0 Å². The van der Waals surface area contributed by atoms with Gasteiger partial charge in [0.05, 0.1) is 11.7 Å². The summed E-state index contributed by atoms with van der Waals surface area (Å²) in [6.45, 7) is 11.9. The molecule has 0 saturated heterocycles. The summed E-state index contributed by atoms with van der Waals surface area (Å²) in [6.07, 6.45) is 7.44. The zero-order chi connectivity index (χ0) is 16.1.